The quantitative estimate of drug-likeness (QED) is 0.537. The first-order chi connectivity index (χ1) is 13.7. The predicted molar refractivity (Wildman–Crippen MR) is 115 cm³/mol. The molecule has 29 heavy (non-hydrogen) atoms. The minimum absolute atomic E-state index is 0.0794. The van der Waals surface area contributed by atoms with Crippen molar-refractivity contribution in [2.75, 3.05) is 20.8 Å². The van der Waals surface area contributed by atoms with Crippen LogP contribution in [0.3, 0.4) is 0 Å². The molecule has 1 amide bonds. The fraction of sp³-hybridized carbons (Fsp3) is 0.391. The molecule has 0 aliphatic carbocycles. The zero-order chi connectivity index (χ0) is 21.4. The monoisotopic (exact) mass is 398 g/mol. The first kappa shape index (κ1) is 22.3. The maximum Gasteiger partial charge on any atom is 0.277 e. The molecule has 0 saturated heterocycles. The van der Waals surface area contributed by atoms with Crippen LogP contribution >= 0.6 is 0 Å². The molecule has 0 aliphatic rings. The van der Waals surface area contributed by atoms with Crippen LogP contribution in [0, 0.1) is 0 Å². The second-order valence-corrected chi connectivity index (χ2v) is 7.81. The van der Waals surface area contributed by atoms with Gasteiger partial charge in [-0.1, -0.05) is 39.0 Å². The number of nitrogens with one attached hydrogen (secondary N) is 1. The van der Waals surface area contributed by atoms with Gasteiger partial charge in [-0.25, -0.2) is 5.43 Å². The summed E-state index contributed by atoms with van der Waals surface area (Å²) in [4.78, 5) is 12.0. The predicted octanol–water partition coefficient (Wildman–Crippen LogP) is 4.11. The number of carbonyl (C=O) groups is 1. The molecule has 2 aromatic carbocycles. The molecule has 0 spiro atoms. The van der Waals surface area contributed by atoms with Gasteiger partial charge in [-0.2, -0.15) is 5.10 Å². The molecule has 0 bridgehead atoms. The van der Waals surface area contributed by atoms with Crippen molar-refractivity contribution in [3.8, 4) is 17.2 Å². The number of hydrogen-bond acceptors (Lipinski definition) is 5. The summed E-state index contributed by atoms with van der Waals surface area (Å²) >= 11 is 0. The van der Waals surface area contributed by atoms with E-state index < -0.39 is 0 Å². The van der Waals surface area contributed by atoms with Gasteiger partial charge in [0.25, 0.3) is 5.91 Å². The third-order valence-corrected chi connectivity index (χ3v) is 4.37. The Labute approximate surface area is 172 Å². The van der Waals surface area contributed by atoms with E-state index in [1.165, 1.54) is 5.56 Å². The number of carbonyl (C=O) groups excluding carboxylic acids is 1. The lowest BCUT2D eigenvalue weighted by atomic mass is 9.87. The second-order valence-electron chi connectivity index (χ2n) is 7.81. The Morgan fingerprint density at radius 2 is 1.66 bits per heavy atom. The summed E-state index contributed by atoms with van der Waals surface area (Å²) in [7, 11) is 3.19. The molecule has 0 aromatic heterocycles. The van der Waals surface area contributed by atoms with Crippen molar-refractivity contribution in [1.29, 1.82) is 0 Å². The summed E-state index contributed by atoms with van der Waals surface area (Å²) in [6.45, 7) is 8.21. The number of ether oxygens (including phenoxy) is 3. The number of nitrogens with zero attached hydrogens (tertiary/aromatic N) is 1. The largest absolute Gasteiger partial charge is 0.493 e. The van der Waals surface area contributed by atoms with E-state index >= 15 is 0 Å². The average molecular weight is 399 g/mol. The second kappa shape index (κ2) is 9.96. The lowest BCUT2D eigenvalue weighted by molar-refractivity contribution is -0.123. The molecule has 0 unspecified atom stereocenters. The molecule has 0 saturated carbocycles. The fourth-order valence-electron chi connectivity index (χ4n) is 2.72. The summed E-state index contributed by atoms with van der Waals surface area (Å²) < 4.78 is 16.1. The standard InChI is InChI=1S/C23H30N2O4/c1-16(13-17-7-12-20(27-5)21(14-17)28-6)24-25-22(26)15-29-19-10-8-18(9-11-19)23(2,3)4/h7-12,14H,13,15H2,1-6H3,(H,25,26)/b24-16+. The maximum absolute atomic E-state index is 12.0. The van der Waals surface area contributed by atoms with Crippen LogP contribution in [-0.4, -0.2) is 32.4 Å². The van der Waals surface area contributed by atoms with Crippen LogP contribution in [0.15, 0.2) is 47.6 Å². The highest BCUT2D eigenvalue weighted by molar-refractivity contribution is 5.86. The van der Waals surface area contributed by atoms with E-state index in [0.717, 1.165) is 11.3 Å². The normalized spacial score (nSPS) is 11.7. The van der Waals surface area contributed by atoms with Gasteiger partial charge in [-0.15, -0.1) is 0 Å². The van der Waals surface area contributed by atoms with Crippen molar-refractivity contribution >= 4 is 11.6 Å². The number of hydrogen-bond donors (Lipinski definition) is 1. The van der Waals surface area contributed by atoms with Gasteiger partial charge in [0.1, 0.15) is 5.75 Å². The lowest BCUT2D eigenvalue weighted by Crippen LogP contribution is -2.25. The highest BCUT2D eigenvalue weighted by Gasteiger charge is 2.13. The Balaban J connectivity index is 1.85. The third-order valence-electron chi connectivity index (χ3n) is 4.37. The number of benzene rings is 2. The first-order valence-corrected chi connectivity index (χ1v) is 9.49. The number of methoxy groups -OCH3 is 2. The van der Waals surface area contributed by atoms with Crippen LogP contribution < -0.4 is 19.6 Å². The van der Waals surface area contributed by atoms with Gasteiger partial charge < -0.3 is 14.2 Å². The van der Waals surface area contributed by atoms with Crippen LogP contribution in [-0.2, 0) is 16.6 Å². The van der Waals surface area contributed by atoms with E-state index in [1.807, 2.05) is 49.4 Å². The molecular weight excluding hydrogens is 368 g/mol. The molecule has 6 nitrogen and oxygen atoms in total. The summed E-state index contributed by atoms with van der Waals surface area (Å²) in [5.41, 5.74) is 5.59. The molecule has 0 aliphatic heterocycles. The van der Waals surface area contributed by atoms with Crippen LogP contribution in [0.25, 0.3) is 0 Å². The Morgan fingerprint density at radius 3 is 2.24 bits per heavy atom. The van der Waals surface area contributed by atoms with Crippen LogP contribution in [0.2, 0.25) is 0 Å². The average Bonchev–Trinajstić information content (AvgIpc) is 2.70. The van der Waals surface area contributed by atoms with E-state index in [9.17, 15) is 4.79 Å². The number of hydrazone groups is 1. The molecule has 2 aromatic rings. The number of amides is 1. The minimum atomic E-state index is -0.309. The van der Waals surface area contributed by atoms with Gasteiger partial charge in [-0.3, -0.25) is 4.79 Å². The third kappa shape index (κ3) is 6.82. The Bertz CT molecular complexity index is 852. The molecule has 156 valence electrons. The van der Waals surface area contributed by atoms with Crippen molar-refractivity contribution in [1.82, 2.24) is 5.43 Å². The van der Waals surface area contributed by atoms with Crippen molar-refractivity contribution in [2.45, 2.75) is 39.5 Å². The topological polar surface area (TPSA) is 69.2 Å². The van der Waals surface area contributed by atoms with Gasteiger partial charge in [-0.05, 0) is 47.7 Å². The van der Waals surface area contributed by atoms with E-state index in [1.54, 1.807) is 14.2 Å². The minimum Gasteiger partial charge on any atom is -0.493 e. The highest BCUT2D eigenvalue weighted by atomic mass is 16.5. The van der Waals surface area contributed by atoms with Gasteiger partial charge in [0.2, 0.25) is 0 Å². The molecule has 1 N–H and O–H groups in total. The van der Waals surface area contributed by atoms with Crippen molar-refractivity contribution in [3.05, 3.63) is 53.6 Å². The van der Waals surface area contributed by atoms with Crippen molar-refractivity contribution in [2.24, 2.45) is 5.10 Å². The Kier molecular flexibility index (Phi) is 7.65. The molecule has 2 rings (SSSR count). The fourth-order valence-corrected chi connectivity index (χ4v) is 2.72. The van der Waals surface area contributed by atoms with Crippen LogP contribution in [0.5, 0.6) is 17.2 Å². The zero-order valence-corrected chi connectivity index (χ0v) is 18.0. The van der Waals surface area contributed by atoms with Gasteiger partial charge in [0, 0.05) is 12.1 Å². The first-order valence-electron chi connectivity index (χ1n) is 9.49. The molecule has 0 atom stereocenters. The smallest absolute Gasteiger partial charge is 0.277 e. The van der Waals surface area contributed by atoms with E-state index in [0.29, 0.717) is 23.7 Å². The van der Waals surface area contributed by atoms with Gasteiger partial charge >= 0.3 is 0 Å². The van der Waals surface area contributed by atoms with Gasteiger partial charge in [0.05, 0.1) is 14.2 Å². The SMILES string of the molecule is COc1ccc(C/C(C)=N/NC(=O)COc2ccc(C(C)(C)C)cc2)cc1OC. The van der Waals surface area contributed by atoms with E-state index in [4.69, 9.17) is 14.2 Å². The summed E-state index contributed by atoms with van der Waals surface area (Å²) in [6, 6.07) is 13.5. The summed E-state index contributed by atoms with van der Waals surface area (Å²) in [5.74, 6) is 1.68. The number of rotatable bonds is 8. The molecule has 6 heteroatoms. The molecule has 0 heterocycles. The summed E-state index contributed by atoms with van der Waals surface area (Å²) in [5, 5.41) is 4.14. The Morgan fingerprint density at radius 1 is 1.00 bits per heavy atom. The van der Waals surface area contributed by atoms with E-state index in [-0.39, 0.29) is 17.9 Å². The maximum atomic E-state index is 12.0. The lowest BCUT2D eigenvalue weighted by Gasteiger charge is -2.19. The van der Waals surface area contributed by atoms with Crippen LogP contribution in [0.1, 0.15) is 38.8 Å². The van der Waals surface area contributed by atoms with Crippen molar-refractivity contribution < 1.29 is 19.0 Å². The van der Waals surface area contributed by atoms with Crippen molar-refractivity contribution in [3.63, 3.8) is 0 Å². The molecular formula is C23H30N2O4. The molecule has 0 radical (unpaired) electrons. The van der Waals surface area contributed by atoms with Crippen LogP contribution in [0.4, 0.5) is 0 Å². The van der Waals surface area contributed by atoms with E-state index in [2.05, 4.69) is 31.3 Å². The van der Waals surface area contributed by atoms with Gasteiger partial charge in [0.15, 0.2) is 18.1 Å². The Hall–Kier alpha value is -3.02. The highest BCUT2D eigenvalue weighted by Crippen LogP contribution is 2.27. The summed E-state index contributed by atoms with van der Waals surface area (Å²) in [6.07, 6.45) is 0.579. The molecule has 0 fully saturated rings. The zero-order valence-electron chi connectivity index (χ0n) is 18.0.